The molecule has 1 amide bonds. The molecule has 0 unspecified atom stereocenters. The van der Waals surface area contributed by atoms with Gasteiger partial charge in [-0.2, -0.15) is 0 Å². The fourth-order valence-corrected chi connectivity index (χ4v) is 4.61. The molecule has 1 aliphatic carbocycles. The minimum Gasteiger partial charge on any atom is -0.348 e. The Kier molecular flexibility index (Phi) is 6.69. The number of hydrogen-bond acceptors (Lipinski definition) is 4. The molecule has 1 aliphatic rings. The normalized spacial score (nSPS) is 14.7. The molecule has 1 aromatic carbocycles. The Balaban J connectivity index is 1.67. The first-order valence-corrected chi connectivity index (χ1v) is 10.1. The number of hydrogen-bond donors (Lipinski definition) is 1. The lowest BCUT2D eigenvalue weighted by Gasteiger charge is -2.15. The Morgan fingerprint density at radius 3 is 2.62 bits per heavy atom. The summed E-state index contributed by atoms with van der Waals surface area (Å²) in [6, 6.07) is 12.0. The van der Waals surface area contributed by atoms with Crippen LogP contribution in [-0.2, 0) is 13.1 Å². The first kappa shape index (κ1) is 18.9. The number of rotatable bonds is 7. The summed E-state index contributed by atoms with van der Waals surface area (Å²) in [6.45, 7) is 1.40. The SMILES string of the molecule is CN(C)Cc1ccccc1CNC(=O)c1cccnc1SC1CCCC1. The monoisotopic (exact) mass is 369 g/mol. The maximum Gasteiger partial charge on any atom is 0.254 e. The minimum absolute atomic E-state index is 0.0433. The van der Waals surface area contributed by atoms with Crippen LogP contribution >= 0.6 is 11.8 Å². The third-order valence-corrected chi connectivity index (χ3v) is 5.99. The molecular weight excluding hydrogens is 342 g/mol. The molecule has 1 N–H and O–H groups in total. The van der Waals surface area contributed by atoms with E-state index in [4.69, 9.17) is 0 Å². The van der Waals surface area contributed by atoms with Crippen molar-refractivity contribution < 1.29 is 4.79 Å². The van der Waals surface area contributed by atoms with Gasteiger partial charge in [-0.05, 0) is 50.2 Å². The second kappa shape index (κ2) is 9.19. The van der Waals surface area contributed by atoms with Gasteiger partial charge in [0.15, 0.2) is 0 Å². The fraction of sp³-hybridized carbons (Fsp3) is 0.429. The number of amides is 1. The predicted octanol–water partition coefficient (Wildman–Crippen LogP) is 4.11. The summed E-state index contributed by atoms with van der Waals surface area (Å²) < 4.78 is 0. The average Bonchev–Trinajstić information content (AvgIpc) is 3.14. The van der Waals surface area contributed by atoms with Crippen molar-refractivity contribution in [3.8, 4) is 0 Å². The molecule has 0 atom stereocenters. The van der Waals surface area contributed by atoms with E-state index >= 15 is 0 Å². The summed E-state index contributed by atoms with van der Waals surface area (Å²) in [5, 5.41) is 4.54. The van der Waals surface area contributed by atoms with E-state index < -0.39 is 0 Å². The maximum atomic E-state index is 12.8. The topological polar surface area (TPSA) is 45.2 Å². The molecule has 0 saturated heterocycles. The largest absolute Gasteiger partial charge is 0.348 e. The van der Waals surface area contributed by atoms with Crippen LogP contribution in [0.3, 0.4) is 0 Å². The maximum absolute atomic E-state index is 12.8. The van der Waals surface area contributed by atoms with Gasteiger partial charge in [-0.25, -0.2) is 4.98 Å². The highest BCUT2D eigenvalue weighted by atomic mass is 32.2. The lowest BCUT2D eigenvalue weighted by atomic mass is 10.1. The lowest BCUT2D eigenvalue weighted by Crippen LogP contribution is -2.25. The summed E-state index contributed by atoms with van der Waals surface area (Å²) in [4.78, 5) is 19.4. The van der Waals surface area contributed by atoms with E-state index in [0.29, 0.717) is 17.4 Å². The number of aromatic nitrogens is 1. The van der Waals surface area contributed by atoms with Crippen molar-refractivity contribution in [3.63, 3.8) is 0 Å². The van der Waals surface area contributed by atoms with Gasteiger partial charge in [-0.3, -0.25) is 4.79 Å². The lowest BCUT2D eigenvalue weighted by molar-refractivity contribution is 0.0947. The molecule has 1 fully saturated rings. The van der Waals surface area contributed by atoms with Gasteiger partial charge in [0.1, 0.15) is 5.03 Å². The Bertz CT molecular complexity index is 742. The van der Waals surface area contributed by atoms with E-state index in [-0.39, 0.29) is 5.91 Å². The predicted molar refractivity (Wildman–Crippen MR) is 107 cm³/mol. The Labute approximate surface area is 160 Å². The van der Waals surface area contributed by atoms with Gasteiger partial charge >= 0.3 is 0 Å². The van der Waals surface area contributed by atoms with Crippen LogP contribution < -0.4 is 5.32 Å². The summed E-state index contributed by atoms with van der Waals surface area (Å²) in [5.74, 6) is -0.0433. The molecular formula is C21H27N3OS. The molecule has 5 heteroatoms. The highest BCUT2D eigenvalue weighted by Crippen LogP contribution is 2.35. The number of thioether (sulfide) groups is 1. The van der Waals surface area contributed by atoms with Crippen LogP contribution in [0.25, 0.3) is 0 Å². The number of carbonyl (C=O) groups is 1. The zero-order valence-corrected chi connectivity index (χ0v) is 16.4. The highest BCUT2D eigenvalue weighted by Gasteiger charge is 2.20. The number of nitrogens with one attached hydrogen (secondary N) is 1. The van der Waals surface area contributed by atoms with E-state index in [1.165, 1.54) is 31.2 Å². The van der Waals surface area contributed by atoms with Crippen molar-refractivity contribution >= 4 is 17.7 Å². The van der Waals surface area contributed by atoms with E-state index in [0.717, 1.165) is 17.1 Å². The second-order valence-corrected chi connectivity index (χ2v) is 8.36. The van der Waals surface area contributed by atoms with Crippen molar-refractivity contribution in [1.82, 2.24) is 15.2 Å². The number of nitrogens with zero attached hydrogens (tertiary/aromatic N) is 2. The Hall–Kier alpha value is -1.85. The molecule has 1 aromatic heterocycles. The summed E-state index contributed by atoms with van der Waals surface area (Å²) >= 11 is 1.76. The van der Waals surface area contributed by atoms with Crippen molar-refractivity contribution in [1.29, 1.82) is 0 Å². The molecule has 26 heavy (non-hydrogen) atoms. The van der Waals surface area contributed by atoms with Crippen LogP contribution in [0, 0.1) is 0 Å². The van der Waals surface area contributed by atoms with Gasteiger partial charge in [-0.1, -0.05) is 37.1 Å². The van der Waals surface area contributed by atoms with Crippen LogP contribution in [0.5, 0.6) is 0 Å². The molecule has 3 rings (SSSR count). The molecule has 0 bridgehead atoms. The average molecular weight is 370 g/mol. The van der Waals surface area contributed by atoms with Crippen molar-refractivity contribution in [3.05, 3.63) is 59.3 Å². The van der Waals surface area contributed by atoms with Gasteiger partial charge in [0, 0.05) is 24.5 Å². The van der Waals surface area contributed by atoms with Crippen molar-refractivity contribution in [2.45, 2.75) is 49.0 Å². The third-order valence-electron chi connectivity index (χ3n) is 4.64. The minimum atomic E-state index is -0.0433. The molecule has 0 aliphatic heterocycles. The van der Waals surface area contributed by atoms with E-state index in [1.807, 2.05) is 24.3 Å². The molecule has 1 heterocycles. The van der Waals surface area contributed by atoms with Crippen molar-refractivity contribution in [2.24, 2.45) is 0 Å². The van der Waals surface area contributed by atoms with Gasteiger partial charge in [0.05, 0.1) is 5.56 Å². The fourth-order valence-electron chi connectivity index (χ4n) is 3.32. The number of carbonyl (C=O) groups excluding carboxylic acids is 1. The van der Waals surface area contributed by atoms with Crippen molar-refractivity contribution in [2.75, 3.05) is 14.1 Å². The van der Waals surface area contributed by atoms with E-state index in [2.05, 4.69) is 41.4 Å². The van der Waals surface area contributed by atoms with Gasteiger partial charge < -0.3 is 10.2 Å². The number of pyridine rings is 1. The standard InChI is InChI=1S/C21H27N3OS/c1-24(2)15-17-9-4-3-8-16(17)14-23-20(25)19-12-7-13-22-21(19)26-18-10-5-6-11-18/h3-4,7-9,12-13,18H,5-6,10-11,14-15H2,1-2H3,(H,23,25). The molecule has 2 aromatic rings. The first-order chi connectivity index (χ1) is 12.6. The second-order valence-electron chi connectivity index (χ2n) is 7.07. The molecule has 0 radical (unpaired) electrons. The highest BCUT2D eigenvalue weighted by molar-refractivity contribution is 7.99. The van der Waals surface area contributed by atoms with Gasteiger partial charge in [0.25, 0.3) is 5.91 Å². The Morgan fingerprint density at radius 2 is 1.88 bits per heavy atom. The molecule has 0 spiro atoms. The summed E-state index contributed by atoms with van der Waals surface area (Å²) in [7, 11) is 4.11. The zero-order valence-electron chi connectivity index (χ0n) is 15.6. The number of benzene rings is 1. The van der Waals surface area contributed by atoms with Gasteiger partial charge in [-0.15, -0.1) is 11.8 Å². The summed E-state index contributed by atoms with van der Waals surface area (Å²) in [5.41, 5.74) is 3.09. The summed E-state index contributed by atoms with van der Waals surface area (Å²) in [6.07, 6.45) is 6.80. The van der Waals surface area contributed by atoms with Gasteiger partial charge in [0.2, 0.25) is 0 Å². The quantitative estimate of drug-likeness (QED) is 0.798. The van der Waals surface area contributed by atoms with E-state index in [1.54, 1.807) is 18.0 Å². The molecule has 4 nitrogen and oxygen atoms in total. The molecule has 1 saturated carbocycles. The van der Waals surface area contributed by atoms with E-state index in [9.17, 15) is 4.79 Å². The first-order valence-electron chi connectivity index (χ1n) is 9.25. The zero-order chi connectivity index (χ0) is 18.4. The Morgan fingerprint density at radius 1 is 1.15 bits per heavy atom. The molecule has 138 valence electrons. The smallest absolute Gasteiger partial charge is 0.254 e. The van der Waals surface area contributed by atoms with Crippen LogP contribution in [0.4, 0.5) is 0 Å². The van der Waals surface area contributed by atoms with Crippen LogP contribution in [-0.4, -0.2) is 35.1 Å². The van der Waals surface area contributed by atoms with Crippen LogP contribution in [0.1, 0.15) is 47.2 Å². The van der Waals surface area contributed by atoms with Crippen LogP contribution in [0.15, 0.2) is 47.6 Å². The van der Waals surface area contributed by atoms with Crippen LogP contribution in [0.2, 0.25) is 0 Å². The third kappa shape index (κ3) is 5.08.